The predicted molar refractivity (Wildman–Crippen MR) is 120 cm³/mol. The first-order valence-electron chi connectivity index (χ1n) is 9.06. The van der Waals surface area contributed by atoms with Gasteiger partial charge in [0.1, 0.15) is 22.4 Å². The summed E-state index contributed by atoms with van der Waals surface area (Å²) in [6, 6.07) is 13.5. The molecule has 4 rings (SSSR count). The van der Waals surface area contributed by atoms with Crippen molar-refractivity contribution in [2.24, 2.45) is 0 Å². The molecular formula is C22H20ClN3O2S. The third-order valence-corrected chi connectivity index (χ3v) is 6.17. The van der Waals surface area contributed by atoms with Crippen LogP contribution in [-0.4, -0.2) is 29.6 Å². The van der Waals surface area contributed by atoms with Gasteiger partial charge in [-0.3, -0.25) is 5.41 Å². The quantitative estimate of drug-likeness (QED) is 0.549. The largest absolute Gasteiger partial charge is 0.510 e. The van der Waals surface area contributed by atoms with Gasteiger partial charge in [0.05, 0.1) is 29.9 Å². The van der Waals surface area contributed by atoms with Crippen molar-refractivity contribution in [1.82, 2.24) is 4.98 Å². The number of anilines is 1. The summed E-state index contributed by atoms with van der Waals surface area (Å²) in [5.74, 6) is 0.899. The van der Waals surface area contributed by atoms with E-state index in [2.05, 4.69) is 12.1 Å². The van der Waals surface area contributed by atoms with Gasteiger partial charge >= 0.3 is 0 Å². The molecule has 0 unspecified atom stereocenters. The summed E-state index contributed by atoms with van der Waals surface area (Å²) in [7, 11) is 1.56. The van der Waals surface area contributed by atoms with E-state index < -0.39 is 0 Å². The Morgan fingerprint density at radius 1 is 1.17 bits per heavy atom. The zero-order chi connectivity index (χ0) is 20.7. The molecule has 0 atom stereocenters. The second kappa shape index (κ2) is 7.54. The van der Waals surface area contributed by atoms with Crippen molar-refractivity contribution in [2.45, 2.75) is 13.8 Å². The van der Waals surface area contributed by atoms with Crippen LogP contribution in [0.3, 0.4) is 0 Å². The van der Waals surface area contributed by atoms with Crippen LogP contribution >= 0.6 is 22.9 Å². The van der Waals surface area contributed by atoms with Crippen LogP contribution in [0.15, 0.2) is 48.2 Å². The average molecular weight is 426 g/mol. The smallest absolute Gasteiger partial charge is 0.139 e. The van der Waals surface area contributed by atoms with Crippen LogP contribution < -0.4 is 9.64 Å². The third-order valence-electron chi connectivity index (χ3n) is 4.89. The van der Waals surface area contributed by atoms with Crippen LogP contribution in [0.4, 0.5) is 5.69 Å². The van der Waals surface area contributed by atoms with Crippen LogP contribution in [0.25, 0.3) is 16.8 Å². The molecule has 5 nitrogen and oxygen atoms in total. The van der Waals surface area contributed by atoms with Crippen LogP contribution in [0.5, 0.6) is 5.75 Å². The highest BCUT2D eigenvalue weighted by atomic mass is 35.5. The molecule has 0 saturated heterocycles. The molecule has 0 fully saturated rings. The van der Waals surface area contributed by atoms with E-state index in [4.69, 9.17) is 26.7 Å². The Bertz CT molecular complexity index is 1140. The van der Waals surface area contributed by atoms with Gasteiger partial charge in [0.25, 0.3) is 0 Å². The molecule has 0 radical (unpaired) electrons. The molecule has 7 heteroatoms. The standard InChI is InChI=1S/C22H20ClN3O2S/c1-12-4-6-14(7-5-12)20-13(2)29-22(25-20)19-17(27)11-26(21(19)24)15-8-9-18(28-3)16(23)10-15/h4-10,24,27H,11H2,1-3H3. The molecule has 1 aliphatic rings. The van der Waals surface area contributed by atoms with Gasteiger partial charge in [0, 0.05) is 16.1 Å². The van der Waals surface area contributed by atoms with Crippen molar-refractivity contribution >= 4 is 40.0 Å². The normalized spacial score (nSPS) is 14.1. The number of nitrogens with zero attached hydrogens (tertiary/aromatic N) is 2. The van der Waals surface area contributed by atoms with E-state index in [0.29, 0.717) is 21.4 Å². The van der Waals surface area contributed by atoms with Gasteiger partial charge in [-0.05, 0) is 32.0 Å². The zero-order valence-corrected chi connectivity index (χ0v) is 17.9. The Kier molecular flexibility index (Phi) is 5.06. The summed E-state index contributed by atoms with van der Waals surface area (Å²) < 4.78 is 5.19. The molecule has 2 N–H and O–H groups in total. The van der Waals surface area contributed by atoms with Crippen molar-refractivity contribution in [3.8, 4) is 17.0 Å². The molecule has 2 aromatic carbocycles. The summed E-state index contributed by atoms with van der Waals surface area (Å²) in [4.78, 5) is 7.50. The molecule has 1 aromatic heterocycles. The number of halogens is 1. The minimum Gasteiger partial charge on any atom is -0.510 e. The number of thiazole rings is 1. The van der Waals surface area contributed by atoms with E-state index >= 15 is 0 Å². The number of aryl methyl sites for hydroxylation is 2. The van der Waals surface area contributed by atoms with E-state index in [0.717, 1.165) is 21.8 Å². The minimum atomic E-state index is 0.131. The molecule has 0 amide bonds. The van der Waals surface area contributed by atoms with E-state index in [9.17, 15) is 5.11 Å². The van der Waals surface area contributed by atoms with Crippen molar-refractivity contribution in [3.05, 3.63) is 68.7 Å². The zero-order valence-electron chi connectivity index (χ0n) is 16.3. The molecule has 1 aliphatic heterocycles. The highest BCUT2D eigenvalue weighted by Gasteiger charge is 2.32. The first-order valence-corrected chi connectivity index (χ1v) is 10.3. The van der Waals surface area contributed by atoms with Gasteiger partial charge in [-0.1, -0.05) is 41.4 Å². The maximum atomic E-state index is 10.6. The second-order valence-electron chi connectivity index (χ2n) is 6.87. The average Bonchev–Trinajstić information content (AvgIpc) is 3.21. The van der Waals surface area contributed by atoms with Crippen LogP contribution in [-0.2, 0) is 0 Å². The van der Waals surface area contributed by atoms with Crippen molar-refractivity contribution in [1.29, 1.82) is 5.41 Å². The summed E-state index contributed by atoms with van der Waals surface area (Å²) in [6.45, 7) is 4.26. The van der Waals surface area contributed by atoms with Gasteiger partial charge < -0.3 is 14.7 Å². The number of hydrogen-bond acceptors (Lipinski definition) is 5. The van der Waals surface area contributed by atoms with Crippen molar-refractivity contribution < 1.29 is 9.84 Å². The number of benzene rings is 2. The lowest BCUT2D eigenvalue weighted by molar-refractivity contribution is 0.411. The fourth-order valence-corrected chi connectivity index (χ4v) is 4.59. The molecular weight excluding hydrogens is 406 g/mol. The lowest BCUT2D eigenvalue weighted by Gasteiger charge is -2.19. The highest BCUT2D eigenvalue weighted by Crippen LogP contribution is 2.38. The number of rotatable bonds is 4. The van der Waals surface area contributed by atoms with E-state index in [1.807, 2.05) is 32.0 Å². The van der Waals surface area contributed by atoms with Gasteiger partial charge in [0.15, 0.2) is 0 Å². The number of methoxy groups -OCH3 is 1. The van der Waals surface area contributed by atoms with Gasteiger partial charge in [-0.2, -0.15) is 0 Å². The number of hydrogen-bond donors (Lipinski definition) is 2. The van der Waals surface area contributed by atoms with Gasteiger partial charge in [-0.15, -0.1) is 11.3 Å². The fourth-order valence-electron chi connectivity index (χ4n) is 3.33. The number of ether oxygens (including phenoxy) is 1. The second-order valence-corrected chi connectivity index (χ2v) is 8.48. The Morgan fingerprint density at radius 2 is 1.90 bits per heavy atom. The first-order chi connectivity index (χ1) is 13.9. The van der Waals surface area contributed by atoms with Gasteiger partial charge in [-0.25, -0.2) is 4.98 Å². The van der Waals surface area contributed by atoms with Crippen molar-refractivity contribution in [3.63, 3.8) is 0 Å². The maximum absolute atomic E-state index is 10.6. The predicted octanol–water partition coefficient (Wildman–Crippen LogP) is 5.86. The van der Waals surface area contributed by atoms with Crippen LogP contribution in [0, 0.1) is 19.3 Å². The van der Waals surface area contributed by atoms with Crippen LogP contribution in [0.1, 0.15) is 15.4 Å². The molecule has 0 bridgehead atoms. The SMILES string of the molecule is COc1ccc(N2CC(O)=C(c3nc(-c4ccc(C)cc4)c(C)s3)C2=N)cc1Cl. The van der Waals surface area contributed by atoms with Crippen molar-refractivity contribution in [2.75, 3.05) is 18.6 Å². The molecule has 3 aromatic rings. The molecule has 2 heterocycles. The lowest BCUT2D eigenvalue weighted by Crippen LogP contribution is -2.26. The number of aromatic nitrogens is 1. The highest BCUT2D eigenvalue weighted by molar-refractivity contribution is 7.13. The summed E-state index contributed by atoms with van der Waals surface area (Å²) >= 11 is 7.72. The Balaban J connectivity index is 1.67. The Morgan fingerprint density at radius 3 is 2.55 bits per heavy atom. The molecule has 0 spiro atoms. The van der Waals surface area contributed by atoms with Crippen LogP contribution in [0.2, 0.25) is 5.02 Å². The van der Waals surface area contributed by atoms with E-state index in [1.54, 1.807) is 24.1 Å². The third kappa shape index (κ3) is 3.50. The van der Waals surface area contributed by atoms with Gasteiger partial charge in [0.2, 0.25) is 0 Å². The molecule has 0 aliphatic carbocycles. The maximum Gasteiger partial charge on any atom is 0.139 e. The Hall–Kier alpha value is -2.83. The molecule has 0 saturated carbocycles. The van der Waals surface area contributed by atoms with E-state index in [1.165, 1.54) is 16.9 Å². The minimum absolute atomic E-state index is 0.131. The summed E-state index contributed by atoms with van der Waals surface area (Å²) in [5.41, 5.74) is 4.27. The number of nitrogens with one attached hydrogen (secondary N) is 1. The summed E-state index contributed by atoms with van der Waals surface area (Å²) in [5, 5.41) is 20.4. The number of amidine groups is 1. The molecule has 148 valence electrons. The Labute approximate surface area is 178 Å². The topological polar surface area (TPSA) is 69.4 Å². The number of aliphatic hydroxyl groups is 1. The number of aliphatic hydroxyl groups excluding tert-OH is 1. The van der Waals surface area contributed by atoms with E-state index in [-0.39, 0.29) is 18.1 Å². The first kappa shape index (κ1) is 19.5. The molecule has 29 heavy (non-hydrogen) atoms. The lowest BCUT2D eigenvalue weighted by atomic mass is 10.1. The monoisotopic (exact) mass is 425 g/mol. The summed E-state index contributed by atoms with van der Waals surface area (Å²) in [6.07, 6.45) is 0. The fraction of sp³-hybridized carbons (Fsp3) is 0.182.